The number of rotatable bonds is 3. The fraction of sp³-hybridized carbons (Fsp3) is 0.294. The Bertz CT molecular complexity index is 671. The minimum Gasteiger partial charge on any atom is -0.454 e. The lowest BCUT2D eigenvalue weighted by molar-refractivity contribution is 0.150. The maximum atomic E-state index is 10.6. The van der Waals surface area contributed by atoms with Gasteiger partial charge in [-0.1, -0.05) is 30.3 Å². The molecule has 21 heavy (non-hydrogen) atoms. The van der Waals surface area contributed by atoms with E-state index in [-0.39, 0.29) is 12.7 Å². The number of fused-ring (bicyclic) bond motifs is 1. The summed E-state index contributed by atoms with van der Waals surface area (Å²) in [6, 6.07) is 14.2. The second-order valence-corrected chi connectivity index (χ2v) is 6.45. The normalized spacial score (nSPS) is 23.9. The van der Waals surface area contributed by atoms with Crippen LogP contribution in [-0.4, -0.2) is 11.9 Å². The van der Waals surface area contributed by atoms with Crippen molar-refractivity contribution >= 4 is 15.9 Å². The van der Waals surface area contributed by atoms with Crippen LogP contribution in [-0.2, 0) is 0 Å². The third-order valence-electron chi connectivity index (χ3n) is 4.26. The summed E-state index contributed by atoms with van der Waals surface area (Å²) >= 11 is 3.48. The summed E-state index contributed by atoms with van der Waals surface area (Å²) in [6.45, 7) is 0.240. The Morgan fingerprint density at radius 3 is 2.76 bits per heavy atom. The van der Waals surface area contributed by atoms with E-state index in [1.807, 2.05) is 30.3 Å². The summed E-state index contributed by atoms with van der Waals surface area (Å²) in [4.78, 5) is 0. The third-order valence-corrected chi connectivity index (χ3v) is 4.85. The third kappa shape index (κ3) is 2.32. The van der Waals surface area contributed by atoms with Gasteiger partial charge in [0, 0.05) is 0 Å². The Hall–Kier alpha value is -1.52. The summed E-state index contributed by atoms with van der Waals surface area (Å²) < 4.78 is 11.6. The van der Waals surface area contributed by atoms with Crippen LogP contribution >= 0.6 is 15.9 Å². The fourth-order valence-electron chi connectivity index (χ4n) is 3.05. The first-order valence-electron chi connectivity index (χ1n) is 7.06. The molecule has 2 aromatic rings. The molecule has 1 saturated carbocycles. The van der Waals surface area contributed by atoms with Gasteiger partial charge in [0.25, 0.3) is 0 Å². The van der Waals surface area contributed by atoms with Gasteiger partial charge in [0.15, 0.2) is 11.5 Å². The molecule has 1 aliphatic heterocycles. The van der Waals surface area contributed by atoms with Crippen LogP contribution in [0, 0.1) is 5.92 Å². The highest BCUT2D eigenvalue weighted by molar-refractivity contribution is 9.10. The molecule has 108 valence electrons. The van der Waals surface area contributed by atoms with Gasteiger partial charge in [-0.25, -0.2) is 0 Å². The van der Waals surface area contributed by atoms with Crippen LogP contribution in [0.3, 0.4) is 0 Å². The van der Waals surface area contributed by atoms with Crippen molar-refractivity contribution in [2.75, 3.05) is 6.79 Å². The SMILES string of the molecule is OC(c1cc(Br)c2c(c1)OCO2)C1CC1c1ccccc1. The number of ether oxygens (including phenoxy) is 2. The predicted molar refractivity (Wildman–Crippen MR) is 82.5 cm³/mol. The van der Waals surface area contributed by atoms with Crippen molar-refractivity contribution in [1.29, 1.82) is 0 Å². The highest BCUT2D eigenvalue weighted by Gasteiger charge is 2.44. The molecule has 0 aromatic heterocycles. The standard InChI is InChI=1S/C17H15BrO3/c18-14-6-11(7-15-17(14)21-9-20-15)16(19)13-8-12(13)10-4-2-1-3-5-10/h1-7,12-13,16,19H,8-9H2. The summed E-state index contributed by atoms with van der Waals surface area (Å²) in [5.74, 6) is 2.15. The zero-order valence-corrected chi connectivity index (χ0v) is 12.9. The quantitative estimate of drug-likeness (QED) is 0.912. The molecule has 0 amide bonds. The van der Waals surface area contributed by atoms with Crippen LogP contribution in [0.15, 0.2) is 46.9 Å². The van der Waals surface area contributed by atoms with Gasteiger partial charge in [-0.05, 0) is 57.4 Å². The molecule has 2 aliphatic rings. The molecule has 0 bridgehead atoms. The maximum absolute atomic E-state index is 10.6. The minimum atomic E-state index is -0.471. The number of hydrogen-bond acceptors (Lipinski definition) is 3. The van der Waals surface area contributed by atoms with E-state index in [2.05, 4.69) is 28.1 Å². The molecule has 0 saturated heterocycles. The zero-order chi connectivity index (χ0) is 14.4. The van der Waals surface area contributed by atoms with E-state index < -0.39 is 6.10 Å². The van der Waals surface area contributed by atoms with Gasteiger partial charge in [-0.15, -0.1) is 0 Å². The van der Waals surface area contributed by atoms with E-state index in [4.69, 9.17) is 9.47 Å². The van der Waals surface area contributed by atoms with Crippen molar-refractivity contribution < 1.29 is 14.6 Å². The van der Waals surface area contributed by atoms with Crippen molar-refractivity contribution in [3.05, 3.63) is 58.1 Å². The van der Waals surface area contributed by atoms with Crippen LogP contribution in [0.2, 0.25) is 0 Å². The van der Waals surface area contributed by atoms with Gasteiger partial charge >= 0.3 is 0 Å². The summed E-state index contributed by atoms with van der Waals surface area (Å²) in [5.41, 5.74) is 2.19. The van der Waals surface area contributed by atoms with Crippen LogP contribution in [0.1, 0.15) is 29.6 Å². The van der Waals surface area contributed by atoms with Gasteiger partial charge in [0.2, 0.25) is 6.79 Å². The molecule has 1 aliphatic carbocycles. The van der Waals surface area contributed by atoms with E-state index in [0.29, 0.717) is 11.7 Å². The van der Waals surface area contributed by atoms with Gasteiger partial charge < -0.3 is 14.6 Å². The van der Waals surface area contributed by atoms with Gasteiger partial charge in [0.1, 0.15) is 0 Å². The average Bonchev–Trinajstić information content (AvgIpc) is 3.17. The Balaban J connectivity index is 1.57. The Morgan fingerprint density at radius 1 is 1.14 bits per heavy atom. The molecule has 1 heterocycles. The molecule has 0 radical (unpaired) electrons. The summed E-state index contributed by atoms with van der Waals surface area (Å²) in [6.07, 6.45) is 0.554. The zero-order valence-electron chi connectivity index (χ0n) is 11.3. The first-order valence-corrected chi connectivity index (χ1v) is 7.85. The summed E-state index contributed by atoms with van der Waals surface area (Å²) in [5, 5.41) is 10.6. The van der Waals surface area contributed by atoms with E-state index in [1.165, 1.54) is 5.56 Å². The van der Waals surface area contributed by atoms with Crippen LogP contribution < -0.4 is 9.47 Å². The summed E-state index contributed by atoms with van der Waals surface area (Å²) in [7, 11) is 0. The number of benzene rings is 2. The van der Waals surface area contributed by atoms with Gasteiger partial charge in [-0.3, -0.25) is 0 Å². The molecule has 4 heteroatoms. The largest absolute Gasteiger partial charge is 0.454 e. The lowest BCUT2D eigenvalue weighted by Crippen LogP contribution is -2.01. The maximum Gasteiger partial charge on any atom is 0.231 e. The molecule has 3 unspecified atom stereocenters. The van der Waals surface area contributed by atoms with Crippen molar-refractivity contribution in [1.82, 2.24) is 0 Å². The highest BCUT2D eigenvalue weighted by atomic mass is 79.9. The van der Waals surface area contributed by atoms with Crippen molar-refractivity contribution in [2.24, 2.45) is 5.92 Å². The Kier molecular flexibility index (Phi) is 3.16. The fourth-order valence-corrected chi connectivity index (χ4v) is 3.63. The van der Waals surface area contributed by atoms with E-state index >= 15 is 0 Å². The lowest BCUT2D eigenvalue weighted by Gasteiger charge is -2.12. The molecule has 2 aromatic carbocycles. The Labute approximate surface area is 131 Å². The second-order valence-electron chi connectivity index (χ2n) is 5.60. The van der Waals surface area contributed by atoms with Crippen molar-refractivity contribution in [3.63, 3.8) is 0 Å². The Morgan fingerprint density at radius 2 is 1.95 bits per heavy atom. The van der Waals surface area contributed by atoms with E-state index in [9.17, 15) is 5.11 Å². The van der Waals surface area contributed by atoms with Gasteiger partial charge in [0.05, 0.1) is 10.6 Å². The highest BCUT2D eigenvalue weighted by Crippen LogP contribution is 2.55. The number of aliphatic hydroxyl groups excluding tert-OH is 1. The van der Waals surface area contributed by atoms with Gasteiger partial charge in [-0.2, -0.15) is 0 Å². The van der Waals surface area contributed by atoms with Crippen LogP contribution in [0.4, 0.5) is 0 Å². The molecular formula is C17H15BrO3. The van der Waals surface area contributed by atoms with E-state index in [0.717, 1.165) is 22.2 Å². The first kappa shape index (κ1) is 13.2. The monoisotopic (exact) mass is 346 g/mol. The minimum absolute atomic E-state index is 0.240. The number of aliphatic hydroxyl groups is 1. The molecule has 1 fully saturated rings. The molecular weight excluding hydrogens is 332 g/mol. The predicted octanol–water partition coefficient (Wildman–Crippen LogP) is 4.01. The van der Waals surface area contributed by atoms with Crippen LogP contribution in [0.25, 0.3) is 0 Å². The smallest absolute Gasteiger partial charge is 0.231 e. The lowest BCUT2D eigenvalue weighted by atomic mass is 10.0. The molecule has 4 rings (SSSR count). The molecule has 3 nitrogen and oxygen atoms in total. The first-order chi connectivity index (χ1) is 10.2. The molecule has 1 N–H and O–H groups in total. The number of halogens is 1. The topological polar surface area (TPSA) is 38.7 Å². The van der Waals surface area contributed by atoms with Crippen LogP contribution in [0.5, 0.6) is 11.5 Å². The molecule has 0 spiro atoms. The van der Waals surface area contributed by atoms with Crippen molar-refractivity contribution in [3.8, 4) is 11.5 Å². The van der Waals surface area contributed by atoms with Crippen molar-refractivity contribution in [2.45, 2.75) is 18.4 Å². The van der Waals surface area contributed by atoms with E-state index in [1.54, 1.807) is 0 Å². The second kappa shape index (κ2) is 5.04. The average molecular weight is 347 g/mol. The number of hydrogen-bond donors (Lipinski definition) is 1. The molecule has 3 atom stereocenters.